The van der Waals surface area contributed by atoms with Gasteiger partial charge in [-0.2, -0.15) is 0 Å². The van der Waals surface area contributed by atoms with Crippen LogP contribution < -0.4 is 10.5 Å². The van der Waals surface area contributed by atoms with Crippen LogP contribution in [0.4, 0.5) is 0 Å². The third-order valence-corrected chi connectivity index (χ3v) is 4.01. The lowest BCUT2D eigenvalue weighted by molar-refractivity contribution is 0.464. The Bertz CT molecular complexity index is 584. The Morgan fingerprint density at radius 3 is 2.71 bits per heavy atom. The van der Waals surface area contributed by atoms with E-state index in [-0.39, 0.29) is 4.90 Å². The average Bonchev–Trinajstić information content (AvgIpc) is 2.45. The Morgan fingerprint density at radius 2 is 2.14 bits per heavy atom. The summed E-state index contributed by atoms with van der Waals surface area (Å²) in [4.78, 5) is 6.39. The number of hydrogen-bond acceptors (Lipinski definition) is 3. The second-order valence-corrected chi connectivity index (χ2v) is 6.43. The summed E-state index contributed by atoms with van der Waals surface area (Å²) >= 11 is 0. The van der Waals surface area contributed by atoms with Crippen LogP contribution in [0.15, 0.2) is 34.2 Å². The lowest BCUT2D eigenvalue weighted by Crippen LogP contribution is -2.39. The molecule has 1 rings (SSSR count). The fraction of sp³-hybridized carbons (Fsp3) is 0.500. The molecule has 0 saturated carbocycles. The van der Waals surface area contributed by atoms with Crippen molar-refractivity contribution >= 4 is 16.0 Å². The molecule has 118 valence electrons. The van der Waals surface area contributed by atoms with Gasteiger partial charge in [-0.15, -0.1) is 0 Å². The number of nitrogens with one attached hydrogen (secondary N) is 1. The Balaban J connectivity index is 2.70. The van der Waals surface area contributed by atoms with Gasteiger partial charge in [-0.1, -0.05) is 25.5 Å². The summed E-state index contributed by atoms with van der Waals surface area (Å²) in [7, 11) is 0.0394. The number of primary sulfonamides is 1. The average molecular weight is 312 g/mol. The molecule has 0 unspecified atom stereocenters. The zero-order chi connectivity index (χ0) is 15.9. The van der Waals surface area contributed by atoms with Gasteiger partial charge < -0.3 is 10.2 Å². The van der Waals surface area contributed by atoms with E-state index in [9.17, 15) is 8.42 Å². The minimum atomic E-state index is -3.67. The van der Waals surface area contributed by atoms with E-state index in [1.807, 2.05) is 18.0 Å². The molecule has 0 bridgehead atoms. The maximum atomic E-state index is 11.3. The van der Waals surface area contributed by atoms with Gasteiger partial charge in [-0.25, -0.2) is 13.6 Å². The molecule has 3 N–H and O–H groups in total. The minimum absolute atomic E-state index is 0.121. The minimum Gasteiger partial charge on any atom is -0.352 e. The Hall–Kier alpha value is -1.60. The van der Waals surface area contributed by atoms with Gasteiger partial charge in [0, 0.05) is 27.2 Å². The molecule has 0 heterocycles. The lowest BCUT2D eigenvalue weighted by Gasteiger charge is -2.21. The highest BCUT2D eigenvalue weighted by molar-refractivity contribution is 7.89. The second kappa shape index (κ2) is 7.99. The molecule has 0 saturated heterocycles. The molecule has 1 aromatic carbocycles. The normalized spacial score (nSPS) is 12.3. The molecule has 0 aliphatic carbocycles. The molecule has 0 fully saturated rings. The summed E-state index contributed by atoms with van der Waals surface area (Å²) in [6.45, 7) is 3.56. The van der Waals surface area contributed by atoms with Crippen LogP contribution in [0.25, 0.3) is 0 Å². The van der Waals surface area contributed by atoms with Gasteiger partial charge >= 0.3 is 0 Å². The van der Waals surface area contributed by atoms with Crippen molar-refractivity contribution in [3.63, 3.8) is 0 Å². The molecule has 0 aromatic heterocycles. The third kappa shape index (κ3) is 5.73. The summed E-state index contributed by atoms with van der Waals surface area (Å²) in [5, 5.41) is 8.34. The van der Waals surface area contributed by atoms with E-state index in [0.717, 1.165) is 30.9 Å². The zero-order valence-corrected chi connectivity index (χ0v) is 13.7. The molecule has 6 nitrogen and oxygen atoms in total. The first-order valence-electron chi connectivity index (χ1n) is 6.92. The summed E-state index contributed by atoms with van der Waals surface area (Å²) in [5.41, 5.74) is 0.839. The number of sulfonamides is 1. The standard InChI is InChI=1S/C14H24N4O2S/c1-4-5-9-18(3)14(16-2)17-11-12-7-6-8-13(10-12)21(15,19)20/h6-8,10H,4-5,9,11H2,1-3H3,(H,16,17)(H2,15,19,20). The van der Waals surface area contributed by atoms with Crippen molar-refractivity contribution in [2.45, 2.75) is 31.2 Å². The number of guanidine groups is 1. The number of unbranched alkanes of at least 4 members (excludes halogenated alkanes) is 1. The van der Waals surface area contributed by atoms with Crippen molar-refractivity contribution in [3.05, 3.63) is 29.8 Å². The molecule has 0 aliphatic rings. The van der Waals surface area contributed by atoms with Crippen LogP contribution in [0.5, 0.6) is 0 Å². The summed E-state index contributed by atoms with van der Waals surface area (Å²) < 4.78 is 22.7. The number of rotatable bonds is 6. The van der Waals surface area contributed by atoms with E-state index in [1.54, 1.807) is 19.2 Å². The number of aliphatic imine (C=N–C) groups is 1. The highest BCUT2D eigenvalue weighted by Crippen LogP contribution is 2.09. The van der Waals surface area contributed by atoms with Gasteiger partial charge in [-0.3, -0.25) is 4.99 Å². The van der Waals surface area contributed by atoms with Crippen molar-refractivity contribution in [1.82, 2.24) is 10.2 Å². The first-order chi connectivity index (χ1) is 9.88. The van der Waals surface area contributed by atoms with Gasteiger partial charge in [0.25, 0.3) is 0 Å². The van der Waals surface area contributed by atoms with Crippen molar-refractivity contribution in [2.24, 2.45) is 10.1 Å². The SMILES string of the molecule is CCCCN(C)C(=NC)NCc1cccc(S(N)(=O)=O)c1. The molecular formula is C14H24N4O2S. The fourth-order valence-electron chi connectivity index (χ4n) is 1.90. The van der Waals surface area contributed by atoms with E-state index in [1.165, 1.54) is 6.07 Å². The van der Waals surface area contributed by atoms with E-state index in [0.29, 0.717) is 6.54 Å². The predicted octanol–water partition coefficient (Wildman–Crippen LogP) is 1.14. The lowest BCUT2D eigenvalue weighted by atomic mass is 10.2. The van der Waals surface area contributed by atoms with Crippen LogP contribution in [0, 0.1) is 0 Å². The molecule has 0 radical (unpaired) electrons. The highest BCUT2D eigenvalue weighted by Gasteiger charge is 2.09. The van der Waals surface area contributed by atoms with Crippen molar-refractivity contribution in [1.29, 1.82) is 0 Å². The maximum Gasteiger partial charge on any atom is 0.238 e. The molecule has 7 heteroatoms. The Labute approximate surface area is 127 Å². The van der Waals surface area contributed by atoms with Crippen LogP contribution in [0.3, 0.4) is 0 Å². The molecule has 1 aromatic rings. The fourth-order valence-corrected chi connectivity index (χ4v) is 2.48. The van der Waals surface area contributed by atoms with E-state index >= 15 is 0 Å². The monoisotopic (exact) mass is 312 g/mol. The number of benzene rings is 1. The molecular weight excluding hydrogens is 288 g/mol. The van der Waals surface area contributed by atoms with Crippen LogP contribution in [-0.4, -0.2) is 39.9 Å². The third-order valence-electron chi connectivity index (χ3n) is 3.10. The summed E-state index contributed by atoms with van der Waals surface area (Å²) in [6, 6.07) is 6.59. The number of nitrogens with two attached hydrogens (primary N) is 1. The summed E-state index contributed by atoms with van der Waals surface area (Å²) in [5.74, 6) is 0.782. The maximum absolute atomic E-state index is 11.3. The summed E-state index contributed by atoms with van der Waals surface area (Å²) in [6.07, 6.45) is 2.22. The Kier molecular flexibility index (Phi) is 6.64. The first-order valence-corrected chi connectivity index (χ1v) is 8.46. The van der Waals surface area contributed by atoms with Crippen molar-refractivity contribution in [3.8, 4) is 0 Å². The van der Waals surface area contributed by atoms with E-state index in [2.05, 4.69) is 17.2 Å². The first kappa shape index (κ1) is 17.5. The van der Waals surface area contributed by atoms with Crippen LogP contribution in [-0.2, 0) is 16.6 Å². The second-order valence-electron chi connectivity index (χ2n) is 4.87. The number of nitrogens with zero attached hydrogens (tertiary/aromatic N) is 2. The molecule has 0 atom stereocenters. The number of hydrogen-bond donors (Lipinski definition) is 2. The van der Waals surface area contributed by atoms with E-state index in [4.69, 9.17) is 5.14 Å². The molecule has 0 aliphatic heterocycles. The van der Waals surface area contributed by atoms with E-state index < -0.39 is 10.0 Å². The van der Waals surface area contributed by atoms with Gasteiger partial charge in [0.15, 0.2) is 5.96 Å². The van der Waals surface area contributed by atoms with Gasteiger partial charge in [0.2, 0.25) is 10.0 Å². The van der Waals surface area contributed by atoms with Gasteiger partial charge in [0.1, 0.15) is 0 Å². The largest absolute Gasteiger partial charge is 0.352 e. The van der Waals surface area contributed by atoms with Crippen molar-refractivity contribution in [2.75, 3.05) is 20.6 Å². The van der Waals surface area contributed by atoms with Gasteiger partial charge in [-0.05, 0) is 24.1 Å². The van der Waals surface area contributed by atoms with Crippen molar-refractivity contribution < 1.29 is 8.42 Å². The molecule has 0 spiro atoms. The topological polar surface area (TPSA) is 87.8 Å². The van der Waals surface area contributed by atoms with Crippen LogP contribution in [0.2, 0.25) is 0 Å². The zero-order valence-electron chi connectivity index (χ0n) is 12.8. The Morgan fingerprint density at radius 1 is 1.43 bits per heavy atom. The van der Waals surface area contributed by atoms with Crippen LogP contribution in [0.1, 0.15) is 25.3 Å². The smallest absolute Gasteiger partial charge is 0.238 e. The van der Waals surface area contributed by atoms with Crippen LogP contribution >= 0.6 is 0 Å². The molecule has 21 heavy (non-hydrogen) atoms. The van der Waals surface area contributed by atoms with Gasteiger partial charge in [0.05, 0.1) is 4.90 Å². The quantitative estimate of drug-likeness (QED) is 0.609. The molecule has 0 amide bonds. The predicted molar refractivity (Wildman–Crippen MR) is 85.6 cm³/mol. The highest BCUT2D eigenvalue weighted by atomic mass is 32.2.